The number of nitrogens with zero attached hydrogens (tertiary/aromatic N) is 2. The standard InChI is InChI=1S/C13H11ClF3N3/c14-9-5-8(13(15,16)17)6-10(7-9)19-12-18-3-4-20(12)11-1-2-11/h3-7,11H,1-2H2,(H,18,19). The van der Waals surface area contributed by atoms with Crippen LogP contribution in [0.15, 0.2) is 30.6 Å². The number of anilines is 2. The molecule has 0 aliphatic heterocycles. The summed E-state index contributed by atoms with van der Waals surface area (Å²) in [5, 5.41) is 2.93. The third kappa shape index (κ3) is 2.75. The van der Waals surface area contributed by atoms with Gasteiger partial charge in [0.25, 0.3) is 0 Å². The van der Waals surface area contributed by atoms with Crippen LogP contribution >= 0.6 is 11.6 Å². The van der Waals surface area contributed by atoms with Crippen molar-refractivity contribution in [3.8, 4) is 0 Å². The van der Waals surface area contributed by atoms with Gasteiger partial charge in [-0.25, -0.2) is 4.98 Å². The number of hydrogen-bond donors (Lipinski definition) is 1. The smallest absolute Gasteiger partial charge is 0.326 e. The monoisotopic (exact) mass is 301 g/mol. The first-order valence-electron chi connectivity index (χ1n) is 6.11. The van der Waals surface area contributed by atoms with E-state index in [9.17, 15) is 13.2 Å². The molecule has 1 aliphatic carbocycles. The molecule has 0 atom stereocenters. The van der Waals surface area contributed by atoms with Gasteiger partial charge in [-0.15, -0.1) is 0 Å². The molecule has 3 nitrogen and oxygen atoms in total. The van der Waals surface area contributed by atoms with Crippen LogP contribution in [-0.4, -0.2) is 9.55 Å². The summed E-state index contributed by atoms with van der Waals surface area (Å²) in [7, 11) is 0. The fourth-order valence-electron chi connectivity index (χ4n) is 2.01. The highest BCUT2D eigenvalue weighted by atomic mass is 35.5. The zero-order valence-electron chi connectivity index (χ0n) is 10.3. The molecule has 3 rings (SSSR count). The number of benzene rings is 1. The van der Waals surface area contributed by atoms with Crippen molar-refractivity contribution in [2.24, 2.45) is 0 Å². The number of hydrogen-bond acceptors (Lipinski definition) is 2. The van der Waals surface area contributed by atoms with Crippen molar-refractivity contribution < 1.29 is 13.2 Å². The van der Waals surface area contributed by atoms with E-state index in [2.05, 4.69) is 10.3 Å². The van der Waals surface area contributed by atoms with E-state index in [1.165, 1.54) is 6.07 Å². The molecule has 0 spiro atoms. The summed E-state index contributed by atoms with van der Waals surface area (Å²) in [5.41, 5.74) is -0.505. The molecule has 0 bridgehead atoms. The average Bonchev–Trinajstić information content (AvgIpc) is 3.09. The van der Waals surface area contributed by atoms with Crippen molar-refractivity contribution in [1.29, 1.82) is 0 Å². The highest BCUT2D eigenvalue weighted by molar-refractivity contribution is 6.31. The third-order valence-electron chi connectivity index (χ3n) is 3.09. The fourth-order valence-corrected chi connectivity index (χ4v) is 2.25. The van der Waals surface area contributed by atoms with Gasteiger partial charge in [-0.2, -0.15) is 13.2 Å². The molecule has 0 radical (unpaired) electrons. The first-order chi connectivity index (χ1) is 9.43. The van der Waals surface area contributed by atoms with E-state index < -0.39 is 11.7 Å². The lowest BCUT2D eigenvalue weighted by atomic mass is 10.2. The van der Waals surface area contributed by atoms with Crippen LogP contribution in [0, 0.1) is 0 Å². The second-order valence-electron chi connectivity index (χ2n) is 4.74. The van der Waals surface area contributed by atoms with Gasteiger partial charge in [-0.05, 0) is 31.0 Å². The average molecular weight is 302 g/mol. The molecule has 1 fully saturated rings. The van der Waals surface area contributed by atoms with Gasteiger partial charge in [0.1, 0.15) is 0 Å². The van der Waals surface area contributed by atoms with Crippen molar-refractivity contribution >= 4 is 23.2 Å². The summed E-state index contributed by atoms with van der Waals surface area (Å²) in [4.78, 5) is 4.12. The molecule has 1 aromatic heterocycles. The Balaban J connectivity index is 1.90. The van der Waals surface area contributed by atoms with E-state index in [4.69, 9.17) is 11.6 Å². The first-order valence-corrected chi connectivity index (χ1v) is 6.49. The van der Waals surface area contributed by atoms with Crippen LogP contribution in [-0.2, 0) is 6.18 Å². The zero-order chi connectivity index (χ0) is 14.3. The SMILES string of the molecule is FC(F)(F)c1cc(Cl)cc(Nc2nccn2C2CC2)c1. The maximum atomic E-state index is 12.7. The van der Waals surface area contributed by atoms with Gasteiger partial charge >= 0.3 is 6.18 Å². The second kappa shape index (κ2) is 4.70. The molecule has 1 saturated carbocycles. The molecule has 7 heteroatoms. The Kier molecular flexibility index (Phi) is 3.12. The number of halogens is 4. The highest BCUT2D eigenvalue weighted by Crippen LogP contribution is 2.38. The maximum absolute atomic E-state index is 12.7. The molecule has 1 aliphatic rings. The summed E-state index contributed by atoms with van der Waals surface area (Å²) in [6.07, 6.45) is 1.14. The van der Waals surface area contributed by atoms with Crippen LogP contribution in [0.3, 0.4) is 0 Å². The van der Waals surface area contributed by atoms with Gasteiger partial charge in [0.2, 0.25) is 5.95 Å². The predicted molar refractivity (Wildman–Crippen MR) is 70.2 cm³/mol. The van der Waals surface area contributed by atoms with Crippen LogP contribution in [0.5, 0.6) is 0 Å². The van der Waals surface area contributed by atoms with Gasteiger partial charge < -0.3 is 9.88 Å². The number of nitrogens with one attached hydrogen (secondary N) is 1. The quantitative estimate of drug-likeness (QED) is 0.895. The summed E-state index contributed by atoms with van der Waals surface area (Å²) in [6, 6.07) is 3.77. The molecule has 2 aromatic rings. The van der Waals surface area contributed by atoms with Crippen molar-refractivity contribution in [1.82, 2.24) is 9.55 Å². The Morgan fingerprint density at radius 2 is 2.00 bits per heavy atom. The highest BCUT2D eigenvalue weighted by Gasteiger charge is 2.31. The number of rotatable bonds is 3. The van der Waals surface area contributed by atoms with Gasteiger partial charge in [-0.1, -0.05) is 11.6 Å². The lowest BCUT2D eigenvalue weighted by Gasteiger charge is -2.12. The molecule has 0 unspecified atom stereocenters. The van der Waals surface area contributed by atoms with Crippen LogP contribution in [0.1, 0.15) is 24.4 Å². The minimum absolute atomic E-state index is 0.0341. The minimum Gasteiger partial charge on any atom is -0.326 e. The van der Waals surface area contributed by atoms with Crippen LogP contribution in [0.4, 0.5) is 24.8 Å². The van der Waals surface area contributed by atoms with Crippen molar-refractivity contribution in [3.63, 3.8) is 0 Å². The van der Waals surface area contributed by atoms with Crippen LogP contribution < -0.4 is 5.32 Å². The minimum atomic E-state index is -4.42. The van der Waals surface area contributed by atoms with Gasteiger partial charge in [0.05, 0.1) is 5.56 Å². The second-order valence-corrected chi connectivity index (χ2v) is 5.18. The molecule has 1 aromatic carbocycles. The van der Waals surface area contributed by atoms with E-state index in [1.54, 1.807) is 6.20 Å². The molecular formula is C13H11ClF3N3. The summed E-state index contributed by atoms with van der Waals surface area (Å²) < 4.78 is 40.1. The molecule has 1 heterocycles. The maximum Gasteiger partial charge on any atom is 0.416 e. The number of aromatic nitrogens is 2. The molecule has 0 saturated heterocycles. The van der Waals surface area contributed by atoms with E-state index in [0.717, 1.165) is 25.0 Å². The molecule has 20 heavy (non-hydrogen) atoms. The normalized spacial score (nSPS) is 15.4. The van der Waals surface area contributed by atoms with Gasteiger partial charge in [0, 0.05) is 29.1 Å². The van der Waals surface area contributed by atoms with Gasteiger partial charge in [0.15, 0.2) is 0 Å². The van der Waals surface area contributed by atoms with E-state index in [0.29, 0.717) is 12.0 Å². The Labute approximate surface area is 118 Å². The van der Waals surface area contributed by atoms with E-state index in [-0.39, 0.29) is 10.7 Å². The summed E-state index contributed by atoms with van der Waals surface area (Å²) in [6.45, 7) is 0. The van der Waals surface area contributed by atoms with Crippen molar-refractivity contribution in [3.05, 3.63) is 41.2 Å². The third-order valence-corrected chi connectivity index (χ3v) is 3.31. The Morgan fingerprint density at radius 3 is 2.65 bits per heavy atom. The molecular weight excluding hydrogens is 291 g/mol. The Morgan fingerprint density at radius 1 is 1.25 bits per heavy atom. The predicted octanol–water partition coefficient (Wildman–Crippen LogP) is 4.63. The molecule has 0 amide bonds. The molecule has 106 valence electrons. The van der Waals surface area contributed by atoms with Gasteiger partial charge in [-0.3, -0.25) is 0 Å². The summed E-state index contributed by atoms with van der Waals surface area (Å²) >= 11 is 5.74. The zero-order valence-corrected chi connectivity index (χ0v) is 11.0. The lowest BCUT2D eigenvalue weighted by molar-refractivity contribution is -0.137. The number of imidazole rings is 1. The summed E-state index contributed by atoms with van der Waals surface area (Å²) in [5.74, 6) is 0.530. The van der Waals surface area contributed by atoms with Crippen LogP contribution in [0.2, 0.25) is 5.02 Å². The Bertz CT molecular complexity index is 632. The fraction of sp³-hybridized carbons (Fsp3) is 0.308. The van der Waals surface area contributed by atoms with Crippen LogP contribution in [0.25, 0.3) is 0 Å². The number of alkyl halides is 3. The first kappa shape index (κ1) is 13.3. The van der Waals surface area contributed by atoms with E-state index in [1.807, 2.05) is 10.8 Å². The van der Waals surface area contributed by atoms with Crippen molar-refractivity contribution in [2.45, 2.75) is 25.1 Å². The largest absolute Gasteiger partial charge is 0.416 e. The Hall–Kier alpha value is -1.69. The topological polar surface area (TPSA) is 29.9 Å². The lowest BCUT2D eigenvalue weighted by Crippen LogP contribution is -2.07. The van der Waals surface area contributed by atoms with Crippen molar-refractivity contribution in [2.75, 3.05) is 5.32 Å². The molecule has 1 N–H and O–H groups in total. The van der Waals surface area contributed by atoms with E-state index >= 15 is 0 Å².